The molecule has 3 unspecified atom stereocenters. The number of anilines is 1. The van der Waals surface area contributed by atoms with Crippen LogP contribution in [-0.2, 0) is 9.53 Å². The third-order valence-corrected chi connectivity index (χ3v) is 7.72. The number of amides is 2. The highest BCUT2D eigenvalue weighted by Crippen LogP contribution is 2.42. The highest BCUT2D eigenvalue weighted by Gasteiger charge is 2.41. The molecule has 8 nitrogen and oxygen atoms in total. The predicted octanol–water partition coefficient (Wildman–Crippen LogP) is 5.02. The van der Waals surface area contributed by atoms with Gasteiger partial charge in [-0.1, -0.05) is 31.0 Å². The molecule has 5 rings (SSSR count). The number of nitro groups is 1. The SMILES string of the molecule is Cc1ccc(C(=O)Nc2cccc(C3CC4CN(C(=O)C5CCCC5)CCC4O3)c2)cc1[N+](=O)[O-]. The number of hydrogen-bond acceptors (Lipinski definition) is 5. The van der Waals surface area contributed by atoms with E-state index in [1.54, 1.807) is 25.1 Å². The first-order valence-corrected chi connectivity index (χ1v) is 12.5. The number of aryl methyl sites for hydroxylation is 1. The number of fused-ring (bicyclic) bond motifs is 1. The lowest BCUT2D eigenvalue weighted by Crippen LogP contribution is -2.46. The van der Waals surface area contributed by atoms with Crippen molar-refractivity contribution in [2.75, 3.05) is 18.4 Å². The number of nitro benzene ring substituents is 1. The third kappa shape index (κ3) is 4.93. The van der Waals surface area contributed by atoms with E-state index in [2.05, 4.69) is 10.2 Å². The number of nitrogens with one attached hydrogen (secondary N) is 1. The molecule has 3 fully saturated rings. The van der Waals surface area contributed by atoms with Crippen molar-refractivity contribution in [2.24, 2.45) is 11.8 Å². The molecule has 184 valence electrons. The Bertz CT molecular complexity index is 1140. The molecular formula is C27H31N3O5. The molecule has 3 atom stereocenters. The average molecular weight is 478 g/mol. The molecule has 2 heterocycles. The number of carbonyl (C=O) groups is 2. The van der Waals surface area contributed by atoms with Crippen LogP contribution in [0.15, 0.2) is 42.5 Å². The fourth-order valence-electron chi connectivity index (χ4n) is 5.77. The summed E-state index contributed by atoms with van der Waals surface area (Å²) < 4.78 is 6.38. The molecule has 0 aromatic heterocycles. The van der Waals surface area contributed by atoms with Gasteiger partial charge in [0, 0.05) is 47.8 Å². The van der Waals surface area contributed by atoms with Crippen LogP contribution in [0.2, 0.25) is 0 Å². The number of hydrogen-bond donors (Lipinski definition) is 1. The van der Waals surface area contributed by atoms with Crippen LogP contribution in [0.25, 0.3) is 0 Å². The van der Waals surface area contributed by atoms with Crippen LogP contribution >= 0.6 is 0 Å². The van der Waals surface area contributed by atoms with E-state index in [0.717, 1.165) is 57.2 Å². The van der Waals surface area contributed by atoms with Crippen molar-refractivity contribution in [1.82, 2.24) is 4.90 Å². The van der Waals surface area contributed by atoms with Gasteiger partial charge in [0.05, 0.1) is 17.1 Å². The van der Waals surface area contributed by atoms with Gasteiger partial charge in [-0.15, -0.1) is 0 Å². The molecule has 2 aromatic carbocycles. The first-order chi connectivity index (χ1) is 16.9. The maximum atomic E-state index is 12.9. The maximum absolute atomic E-state index is 12.9. The minimum absolute atomic E-state index is 0.0752. The zero-order valence-corrected chi connectivity index (χ0v) is 19.9. The van der Waals surface area contributed by atoms with Crippen molar-refractivity contribution < 1.29 is 19.2 Å². The van der Waals surface area contributed by atoms with E-state index in [-0.39, 0.29) is 29.4 Å². The molecule has 0 spiro atoms. The summed E-state index contributed by atoms with van der Waals surface area (Å²) in [6.07, 6.45) is 6.16. The van der Waals surface area contributed by atoms with Gasteiger partial charge in [0.1, 0.15) is 0 Å². The van der Waals surface area contributed by atoms with E-state index in [4.69, 9.17) is 4.74 Å². The second-order valence-corrected chi connectivity index (χ2v) is 10.1. The van der Waals surface area contributed by atoms with Crippen molar-refractivity contribution in [2.45, 2.75) is 57.7 Å². The Labute approximate surface area is 204 Å². The van der Waals surface area contributed by atoms with Gasteiger partial charge in [0.25, 0.3) is 11.6 Å². The fraction of sp³-hybridized carbons (Fsp3) is 0.481. The van der Waals surface area contributed by atoms with Crippen molar-refractivity contribution in [3.63, 3.8) is 0 Å². The minimum atomic E-state index is -0.480. The highest BCUT2D eigenvalue weighted by atomic mass is 16.6. The molecule has 1 aliphatic carbocycles. The molecule has 0 radical (unpaired) electrons. The number of benzene rings is 2. The molecule has 2 amide bonds. The number of likely N-dealkylation sites (tertiary alicyclic amines) is 1. The number of carbonyl (C=O) groups excluding carboxylic acids is 2. The Morgan fingerprint density at radius 1 is 1.11 bits per heavy atom. The smallest absolute Gasteiger partial charge is 0.273 e. The summed E-state index contributed by atoms with van der Waals surface area (Å²) in [6, 6.07) is 12.1. The summed E-state index contributed by atoms with van der Waals surface area (Å²) >= 11 is 0. The average Bonchev–Trinajstić information content (AvgIpc) is 3.53. The molecule has 1 N–H and O–H groups in total. The van der Waals surface area contributed by atoms with Crippen LogP contribution in [0.1, 0.15) is 66.1 Å². The summed E-state index contributed by atoms with van der Waals surface area (Å²) in [5.41, 5.74) is 2.28. The molecule has 2 aromatic rings. The van der Waals surface area contributed by atoms with Crippen LogP contribution < -0.4 is 5.32 Å². The van der Waals surface area contributed by atoms with Gasteiger partial charge in [-0.25, -0.2) is 0 Å². The Morgan fingerprint density at radius 2 is 1.91 bits per heavy atom. The molecule has 2 saturated heterocycles. The lowest BCUT2D eigenvalue weighted by Gasteiger charge is -2.35. The normalized spacial score (nSPS) is 24.3. The van der Waals surface area contributed by atoms with E-state index in [9.17, 15) is 19.7 Å². The van der Waals surface area contributed by atoms with Gasteiger partial charge in [-0.3, -0.25) is 19.7 Å². The molecule has 3 aliphatic rings. The summed E-state index contributed by atoms with van der Waals surface area (Å²) in [6.45, 7) is 3.17. The van der Waals surface area contributed by atoms with E-state index >= 15 is 0 Å². The standard InChI is InChI=1S/C27H31N3O5/c1-17-9-10-20(14-23(17)30(33)34)26(31)28-22-8-4-7-19(13-22)25-15-21-16-29(12-11-24(21)35-25)27(32)18-5-2-3-6-18/h4,7-10,13-14,18,21,24-25H,2-3,5-6,11-12,15-16H2,1H3,(H,28,31). The van der Waals surface area contributed by atoms with Gasteiger partial charge >= 0.3 is 0 Å². The number of nitrogens with zero attached hydrogens (tertiary/aromatic N) is 2. The van der Waals surface area contributed by atoms with Crippen LogP contribution in [0.4, 0.5) is 11.4 Å². The van der Waals surface area contributed by atoms with Gasteiger partial charge in [-0.2, -0.15) is 0 Å². The lowest BCUT2D eigenvalue weighted by atomic mass is 9.90. The molecule has 2 aliphatic heterocycles. The van der Waals surface area contributed by atoms with Crippen LogP contribution in [0.3, 0.4) is 0 Å². The summed E-state index contributed by atoms with van der Waals surface area (Å²) in [5.74, 6) is 0.461. The van der Waals surface area contributed by atoms with E-state index in [0.29, 0.717) is 23.1 Å². The number of piperidine rings is 1. The topological polar surface area (TPSA) is 102 Å². The number of ether oxygens (including phenoxy) is 1. The molecule has 0 bridgehead atoms. The summed E-state index contributed by atoms with van der Waals surface area (Å²) in [4.78, 5) is 38.4. The quantitative estimate of drug-likeness (QED) is 0.481. The summed E-state index contributed by atoms with van der Waals surface area (Å²) in [7, 11) is 0. The zero-order valence-electron chi connectivity index (χ0n) is 19.9. The summed E-state index contributed by atoms with van der Waals surface area (Å²) in [5, 5.41) is 14.1. The van der Waals surface area contributed by atoms with Crippen molar-refractivity contribution >= 4 is 23.2 Å². The second-order valence-electron chi connectivity index (χ2n) is 10.1. The monoisotopic (exact) mass is 477 g/mol. The Balaban J connectivity index is 1.23. The van der Waals surface area contributed by atoms with E-state index in [1.165, 1.54) is 6.07 Å². The minimum Gasteiger partial charge on any atom is -0.370 e. The molecular weight excluding hydrogens is 446 g/mol. The Hall–Kier alpha value is -3.26. The highest BCUT2D eigenvalue weighted by molar-refractivity contribution is 6.04. The van der Waals surface area contributed by atoms with Crippen LogP contribution in [0.5, 0.6) is 0 Å². The lowest BCUT2D eigenvalue weighted by molar-refractivity contribution is -0.385. The molecule has 1 saturated carbocycles. The Morgan fingerprint density at radius 3 is 2.69 bits per heavy atom. The van der Waals surface area contributed by atoms with Gasteiger partial charge in [0.15, 0.2) is 0 Å². The van der Waals surface area contributed by atoms with Crippen molar-refractivity contribution in [3.8, 4) is 0 Å². The van der Waals surface area contributed by atoms with Gasteiger partial charge < -0.3 is 15.0 Å². The zero-order chi connectivity index (χ0) is 24.5. The number of rotatable bonds is 5. The van der Waals surface area contributed by atoms with Crippen LogP contribution in [-0.4, -0.2) is 40.8 Å². The van der Waals surface area contributed by atoms with Crippen molar-refractivity contribution in [1.29, 1.82) is 0 Å². The van der Waals surface area contributed by atoms with E-state index < -0.39 is 10.8 Å². The van der Waals surface area contributed by atoms with Gasteiger partial charge in [0.2, 0.25) is 5.91 Å². The first-order valence-electron chi connectivity index (χ1n) is 12.5. The largest absolute Gasteiger partial charge is 0.370 e. The van der Waals surface area contributed by atoms with Crippen LogP contribution in [0, 0.1) is 28.9 Å². The Kier molecular flexibility index (Phi) is 6.56. The first kappa shape index (κ1) is 23.5. The second kappa shape index (κ2) is 9.77. The fourth-order valence-corrected chi connectivity index (χ4v) is 5.77. The molecule has 8 heteroatoms. The van der Waals surface area contributed by atoms with Gasteiger partial charge in [-0.05, 0) is 56.4 Å². The molecule has 35 heavy (non-hydrogen) atoms. The predicted molar refractivity (Wildman–Crippen MR) is 131 cm³/mol. The third-order valence-electron chi connectivity index (χ3n) is 7.72. The van der Waals surface area contributed by atoms with Crippen molar-refractivity contribution in [3.05, 3.63) is 69.3 Å². The van der Waals surface area contributed by atoms with E-state index in [1.807, 2.05) is 18.2 Å². The maximum Gasteiger partial charge on any atom is 0.273 e.